The molecule has 0 amide bonds. The van der Waals surface area contributed by atoms with Crippen molar-refractivity contribution in [2.24, 2.45) is 0 Å². The van der Waals surface area contributed by atoms with Gasteiger partial charge in [0, 0.05) is 32.2 Å². The molecule has 3 nitrogen and oxygen atoms in total. The molecule has 21 heavy (non-hydrogen) atoms. The molecular formula is C13H19BrCl2F2N2O. The lowest BCUT2D eigenvalue weighted by Gasteiger charge is -2.35. The van der Waals surface area contributed by atoms with Crippen molar-refractivity contribution < 1.29 is 13.9 Å². The summed E-state index contributed by atoms with van der Waals surface area (Å²) in [4.78, 5) is 2.07. The van der Waals surface area contributed by atoms with E-state index in [1.165, 1.54) is 0 Å². The highest BCUT2D eigenvalue weighted by atomic mass is 79.9. The fourth-order valence-corrected chi connectivity index (χ4v) is 2.96. The van der Waals surface area contributed by atoms with Crippen LogP contribution in [0.3, 0.4) is 0 Å². The quantitative estimate of drug-likeness (QED) is 0.751. The zero-order valence-electron chi connectivity index (χ0n) is 11.5. The van der Waals surface area contributed by atoms with Crippen molar-refractivity contribution in [3.05, 3.63) is 27.7 Å². The third kappa shape index (κ3) is 4.42. The fraction of sp³-hybridized carbons (Fsp3) is 0.538. The molecule has 2 N–H and O–H groups in total. The molecule has 1 fully saturated rings. The van der Waals surface area contributed by atoms with Gasteiger partial charge >= 0.3 is 0 Å². The molecule has 0 unspecified atom stereocenters. The first kappa shape index (κ1) is 20.9. The highest BCUT2D eigenvalue weighted by Crippen LogP contribution is 2.39. The van der Waals surface area contributed by atoms with Crippen LogP contribution in [0.5, 0.6) is 5.75 Å². The van der Waals surface area contributed by atoms with Crippen molar-refractivity contribution >= 4 is 40.7 Å². The summed E-state index contributed by atoms with van der Waals surface area (Å²) < 4.78 is 27.8. The molecule has 1 heterocycles. The summed E-state index contributed by atoms with van der Waals surface area (Å²) in [7, 11) is 0. The first-order chi connectivity index (χ1) is 9.06. The third-order valence-corrected chi connectivity index (χ3v) is 4.10. The van der Waals surface area contributed by atoms with Crippen molar-refractivity contribution in [3.63, 3.8) is 0 Å². The predicted octanol–water partition coefficient (Wildman–Crippen LogP) is 3.63. The van der Waals surface area contributed by atoms with E-state index in [1.807, 2.05) is 6.92 Å². The van der Waals surface area contributed by atoms with Gasteiger partial charge in [-0.1, -0.05) is 6.92 Å². The molecule has 1 aromatic rings. The zero-order valence-corrected chi connectivity index (χ0v) is 14.8. The molecule has 122 valence electrons. The second-order valence-corrected chi connectivity index (χ2v) is 5.48. The van der Waals surface area contributed by atoms with Crippen LogP contribution in [0.1, 0.15) is 24.9 Å². The third-order valence-electron chi connectivity index (χ3n) is 3.49. The summed E-state index contributed by atoms with van der Waals surface area (Å²) >= 11 is 3.07. The van der Waals surface area contributed by atoms with Gasteiger partial charge in [-0.15, -0.1) is 24.8 Å². The second kappa shape index (κ2) is 9.10. The smallest absolute Gasteiger partial charge is 0.167 e. The molecule has 1 aliphatic heterocycles. The summed E-state index contributed by atoms with van der Waals surface area (Å²) in [6, 6.07) is 0.646. The number of phenolic OH excluding ortho intramolecular Hbond substituents is 1. The molecule has 0 radical (unpaired) electrons. The topological polar surface area (TPSA) is 35.5 Å². The summed E-state index contributed by atoms with van der Waals surface area (Å²) in [5.74, 6) is -2.09. The minimum absolute atomic E-state index is 0. The van der Waals surface area contributed by atoms with Gasteiger partial charge in [-0.25, -0.2) is 8.78 Å². The van der Waals surface area contributed by atoms with Gasteiger partial charge in [0.05, 0.1) is 10.0 Å². The Hall–Kier alpha value is -0.140. The van der Waals surface area contributed by atoms with Gasteiger partial charge in [0.15, 0.2) is 11.6 Å². The van der Waals surface area contributed by atoms with Crippen molar-refractivity contribution in [2.45, 2.75) is 19.4 Å². The first-order valence-corrected chi connectivity index (χ1v) is 7.16. The van der Waals surface area contributed by atoms with E-state index in [4.69, 9.17) is 0 Å². The Bertz CT molecular complexity index is 448. The summed E-state index contributed by atoms with van der Waals surface area (Å²) in [5.41, 5.74) is 0.0521. The highest BCUT2D eigenvalue weighted by molar-refractivity contribution is 9.10. The number of nitrogens with one attached hydrogen (secondary N) is 1. The van der Waals surface area contributed by atoms with Crippen LogP contribution in [-0.2, 0) is 0 Å². The lowest BCUT2D eigenvalue weighted by molar-refractivity contribution is 0.162. The molecule has 2 rings (SSSR count). The second-order valence-electron chi connectivity index (χ2n) is 4.63. The molecule has 1 aromatic carbocycles. The van der Waals surface area contributed by atoms with Gasteiger partial charge in [-0.3, -0.25) is 4.90 Å². The van der Waals surface area contributed by atoms with E-state index in [0.717, 1.165) is 32.2 Å². The molecule has 1 atom stereocenters. The minimum atomic E-state index is -0.953. The molecule has 0 aliphatic carbocycles. The van der Waals surface area contributed by atoms with Gasteiger partial charge in [0.2, 0.25) is 0 Å². The number of rotatable bonds is 3. The Morgan fingerprint density at radius 3 is 2.43 bits per heavy atom. The number of nitrogens with zero attached hydrogens (tertiary/aromatic N) is 1. The number of piperazine rings is 1. The van der Waals surface area contributed by atoms with Crippen molar-refractivity contribution in [1.29, 1.82) is 0 Å². The summed E-state index contributed by atoms with van der Waals surface area (Å²) in [5, 5.41) is 13.3. The Balaban J connectivity index is 0.00000200. The van der Waals surface area contributed by atoms with E-state index < -0.39 is 11.6 Å². The number of phenols is 1. The summed E-state index contributed by atoms with van der Waals surface area (Å²) in [6.45, 7) is 5.05. The van der Waals surface area contributed by atoms with E-state index in [0.29, 0.717) is 6.42 Å². The Labute approximate surface area is 144 Å². The molecule has 0 aromatic heterocycles. The molecule has 0 spiro atoms. The maximum Gasteiger partial charge on any atom is 0.167 e. The molecule has 0 saturated carbocycles. The van der Waals surface area contributed by atoms with Crippen LogP contribution in [0.15, 0.2) is 10.5 Å². The van der Waals surface area contributed by atoms with Crippen LogP contribution >= 0.6 is 40.7 Å². The first-order valence-electron chi connectivity index (χ1n) is 6.37. The van der Waals surface area contributed by atoms with Crippen LogP contribution in [0.2, 0.25) is 0 Å². The zero-order chi connectivity index (χ0) is 14.0. The normalized spacial score (nSPS) is 16.8. The van der Waals surface area contributed by atoms with Crippen LogP contribution < -0.4 is 5.32 Å². The van der Waals surface area contributed by atoms with E-state index >= 15 is 0 Å². The van der Waals surface area contributed by atoms with Gasteiger partial charge < -0.3 is 10.4 Å². The minimum Gasteiger partial charge on any atom is -0.506 e. The van der Waals surface area contributed by atoms with Gasteiger partial charge in [0.25, 0.3) is 0 Å². The molecule has 8 heteroatoms. The number of hydrogen-bond donors (Lipinski definition) is 2. The Morgan fingerprint density at radius 1 is 1.33 bits per heavy atom. The fourth-order valence-electron chi connectivity index (χ4n) is 2.55. The lowest BCUT2D eigenvalue weighted by atomic mass is 10.00. The van der Waals surface area contributed by atoms with Crippen LogP contribution in [0.4, 0.5) is 8.78 Å². The summed E-state index contributed by atoms with van der Waals surface area (Å²) in [6.07, 6.45) is 0.611. The standard InChI is InChI=1S/C13H17BrF2N2O.2ClH/c1-2-10(18-5-3-17-4-6-18)11-12(16)9(15)7-8(14)13(11)19;;/h7,10,17,19H,2-6H2,1H3;2*1H/t10-;;/m0../s1. The van der Waals surface area contributed by atoms with Crippen LogP contribution in [-0.4, -0.2) is 36.2 Å². The van der Waals surface area contributed by atoms with Crippen LogP contribution in [0, 0.1) is 11.6 Å². The van der Waals surface area contributed by atoms with E-state index in [9.17, 15) is 13.9 Å². The number of benzene rings is 1. The number of hydrogen-bond acceptors (Lipinski definition) is 3. The molecular weight excluding hydrogens is 389 g/mol. The largest absolute Gasteiger partial charge is 0.506 e. The van der Waals surface area contributed by atoms with Crippen molar-refractivity contribution in [2.75, 3.05) is 26.2 Å². The maximum atomic E-state index is 14.0. The van der Waals surface area contributed by atoms with E-state index in [1.54, 1.807) is 0 Å². The Morgan fingerprint density at radius 2 is 1.90 bits per heavy atom. The monoisotopic (exact) mass is 406 g/mol. The molecule has 1 aliphatic rings. The van der Waals surface area contributed by atoms with Gasteiger partial charge in [0.1, 0.15) is 5.75 Å². The van der Waals surface area contributed by atoms with E-state index in [2.05, 4.69) is 26.1 Å². The SMILES string of the molecule is CC[C@@H](c1c(O)c(Br)cc(F)c1F)N1CCNCC1.Cl.Cl. The number of aromatic hydroxyl groups is 1. The van der Waals surface area contributed by atoms with Crippen molar-refractivity contribution in [3.8, 4) is 5.75 Å². The average molecular weight is 408 g/mol. The van der Waals surface area contributed by atoms with E-state index in [-0.39, 0.29) is 46.6 Å². The average Bonchev–Trinajstić information content (AvgIpc) is 2.42. The predicted molar refractivity (Wildman–Crippen MR) is 87.7 cm³/mol. The van der Waals surface area contributed by atoms with Gasteiger partial charge in [-0.2, -0.15) is 0 Å². The van der Waals surface area contributed by atoms with Crippen molar-refractivity contribution in [1.82, 2.24) is 10.2 Å². The maximum absolute atomic E-state index is 14.0. The number of halogens is 5. The van der Waals surface area contributed by atoms with Gasteiger partial charge in [-0.05, 0) is 28.4 Å². The lowest BCUT2D eigenvalue weighted by Crippen LogP contribution is -2.45. The van der Waals surface area contributed by atoms with Crippen LogP contribution in [0.25, 0.3) is 0 Å². The Kier molecular flexibility index (Phi) is 9.04. The molecule has 1 saturated heterocycles. The highest BCUT2D eigenvalue weighted by Gasteiger charge is 2.28. The molecule has 0 bridgehead atoms.